The summed E-state index contributed by atoms with van der Waals surface area (Å²) in [6, 6.07) is 15.1. The Morgan fingerprint density at radius 3 is 2.48 bits per heavy atom. The van der Waals surface area contributed by atoms with Crippen molar-refractivity contribution in [2.24, 2.45) is 0 Å². The minimum absolute atomic E-state index is 0.164. The molecular formula is C20H26N2O3. The number of ether oxygens (including phenoxy) is 1. The van der Waals surface area contributed by atoms with Crippen LogP contribution in [0.1, 0.15) is 35.3 Å². The largest absolute Gasteiger partial charge is 0.387 e. The minimum Gasteiger partial charge on any atom is -0.387 e. The fourth-order valence-corrected chi connectivity index (χ4v) is 2.58. The van der Waals surface area contributed by atoms with E-state index in [9.17, 15) is 9.90 Å². The SMILES string of the molecule is CCOCc1ccccc1CNC(=O)NCC(O)c1ccccc1C. The number of urea groups is 1. The first kappa shape index (κ1) is 19.0. The zero-order chi connectivity index (χ0) is 18.1. The second-order valence-electron chi connectivity index (χ2n) is 5.84. The molecule has 0 spiro atoms. The molecule has 0 radical (unpaired) electrons. The second kappa shape index (κ2) is 9.81. The number of hydrogen-bond donors (Lipinski definition) is 3. The lowest BCUT2D eigenvalue weighted by atomic mass is 10.0. The molecule has 3 N–H and O–H groups in total. The van der Waals surface area contributed by atoms with E-state index < -0.39 is 6.10 Å². The molecule has 0 aromatic heterocycles. The van der Waals surface area contributed by atoms with Gasteiger partial charge in [0.15, 0.2) is 0 Å². The molecule has 5 heteroatoms. The lowest BCUT2D eigenvalue weighted by Gasteiger charge is -2.15. The molecule has 5 nitrogen and oxygen atoms in total. The number of aliphatic hydroxyl groups is 1. The van der Waals surface area contributed by atoms with Crippen LogP contribution in [0.3, 0.4) is 0 Å². The van der Waals surface area contributed by atoms with Crippen molar-refractivity contribution in [3.8, 4) is 0 Å². The molecule has 0 heterocycles. The molecule has 1 atom stereocenters. The average Bonchev–Trinajstić information content (AvgIpc) is 2.63. The quantitative estimate of drug-likeness (QED) is 0.690. The van der Waals surface area contributed by atoms with Gasteiger partial charge in [-0.3, -0.25) is 0 Å². The van der Waals surface area contributed by atoms with Gasteiger partial charge < -0.3 is 20.5 Å². The van der Waals surface area contributed by atoms with Crippen LogP contribution in [0.5, 0.6) is 0 Å². The molecule has 0 aliphatic rings. The van der Waals surface area contributed by atoms with Crippen LogP contribution in [0.4, 0.5) is 4.79 Å². The van der Waals surface area contributed by atoms with Crippen molar-refractivity contribution in [2.75, 3.05) is 13.2 Å². The number of benzene rings is 2. The molecule has 0 fully saturated rings. The van der Waals surface area contributed by atoms with Crippen LogP contribution in [-0.4, -0.2) is 24.3 Å². The van der Waals surface area contributed by atoms with Gasteiger partial charge >= 0.3 is 6.03 Å². The minimum atomic E-state index is -0.725. The second-order valence-corrected chi connectivity index (χ2v) is 5.84. The third kappa shape index (κ3) is 5.89. The normalized spacial score (nSPS) is 11.8. The van der Waals surface area contributed by atoms with E-state index in [4.69, 9.17) is 4.74 Å². The number of rotatable bonds is 8. The molecule has 0 saturated carbocycles. The molecule has 0 aliphatic heterocycles. The lowest BCUT2D eigenvalue weighted by Crippen LogP contribution is -2.37. The predicted octanol–water partition coefficient (Wildman–Crippen LogP) is 3.06. The molecule has 2 aromatic rings. The number of carbonyl (C=O) groups excluding carboxylic acids is 1. The molecule has 2 aromatic carbocycles. The fourth-order valence-electron chi connectivity index (χ4n) is 2.58. The Kier molecular flexibility index (Phi) is 7.44. The number of nitrogens with one attached hydrogen (secondary N) is 2. The van der Waals surface area contributed by atoms with Crippen LogP contribution < -0.4 is 10.6 Å². The predicted molar refractivity (Wildman–Crippen MR) is 98.1 cm³/mol. The standard InChI is InChI=1S/C20H26N2O3/c1-3-25-14-17-10-6-5-9-16(17)12-21-20(24)22-13-19(23)18-11-7-4-8-15(18)2/h4-11,19,23H,3,12-14H2,1-2H3,(H2,21,22,24). The first-order valence-corrected chi connectivity index (χ1v) is 8.51. The van der Waals surface area contributed by atoms with Gasteiger partial charge in [0.25, 0.3) is 0 Å². The van der Waals surface area contributed by atoms with Crippen LogP contribution in [-0.2, 0) is 17.9 Å². The van der Waals surface area contributed by atoms with Crippen molar-refractivity contribution in [3.05, 3.63) is 70.8 Å². The van der Waals surface area contributed by atoms with E-state index in [0.717, 1.165) is 22.3 Å². The molecule has 0 bridgehead atoms. The van der Waals surface area contributed by atoms with Crippen LogP contribution in [0.25, 0.3) is 0 Å². The van der Waals surface area contributed by atoms with Crippen LogP contribution in [0, 0.1) is 6.92 Å². The summed E-state index contributed by atoms with van der Waals surface area (Å²) in [6.45, 7) is 5.65. The molecule has 1 unspecified atom stereocenters. The molecular weight excluding hydrogens is 316 g/mol. The van der Waals surface area contributed by atoms with Gasteiger partial charge in [-0.1, -0.05) is 48.5 Å². The Hall–Kier alpha value is -2.37. The summed E-state index contributed by atoms with van der Waals surface area (Å²) in [5, 5.41) is 15.7. The third-order valence-electron chi connectivity index (χ3n) is 4.02. The molecule has 0 aliphatic carbocycles. The highest BCUT2D eigenvalue weighted by molar-refractivity contribution is 5.73. The summed E-state index contributed by atoms with van der Waals surface area (Å²) in [6.07, 6.45) is -0.725. The highest BCUT2D eigenvalue weighted by Gasteiger charge is 2.11. The topological polar surface area (TPSA) is 70.6 Å². The summed E-state index contributed by atoms with van der Waals surface area (Å²) >= 11 is 0. The Bertz CT molecular complexity index is 688. The van der Waals surface area contributed by atoms with E-state index >= 15 is 0 Å². The van der Waals surface area contributed by atoms with Gasteiger partial charge in [-0.25, -0.2) is 4.79 Å². The van der Waals surface area contributed by atoms with Crippen molar-refractivity contribution < 1.29 is 14.6 Å². The number of aliphatic hydroxyl groups excluding tert-OH is 1. The van der Waals surface area contributed by atoms with Crippen molar-refractivity contribution in [1.29, 1.82) is 0 Å². The van der Waals surface area contributed by atoms with Crippen LogP contribution in [0.15, 0.2) is 48.5 Å². The van der Waals surface area contributed by atoms with Gasteiger partial charge in [-0.05, 0) is 36.1 Å². The van der Waals surface area contributed by atoms with E-state index in [-0.39, 0.29) is 12.6 Å². The van der Waals surface area contributed by atoms with Crippen LogP contribution >= 0.6 is 0 Å². The zero-order valence-electron chi connectivity index (χ0n) is 14.8. The highest BCUT2D eigenvalue weighted by atomic mass is 16.5. The summed E-state index contributed by atoms with van der Waals surface area (Å²) in [7, 11) is 0. The molecule has 25 heavy (non-hydrogen) atoms. The molecule has 2 rings (SSSR count). The molecule has 2 amide bonds. The summed E-state index contributed by atoms with van der Waals surface area (Å²) < 4.78 is 5.44. The van der Waals surface area contributed by atoms with Crippen molar-refractivity contribution in [1.82, 2.24) is 10.6 Å². The maximum atomic E-state index is 12.0. The highest BCUT2D eigenvalue weighted by Crippen LogP contribution is 2.16. The first-order valence-electron chi connectivity index (χ1n) is 8.51. The maximum absolute atomic E-state index is 12.0. The summed E-state index contributed by atoms with van der Waals surface area (Å²) in [4.78, 5) is 12.0. The lowest BCUT2D eigenvalue weighted by molar-refractivity contribution is 0.133. The smallest absolute Gasteiger partial charge is 0.315 e. The number of carbonyl (C=O) groups is 1. The first-order chi connectivity index (χ1) is 12.1. The van der Waals surface area contributed by atoms with Gasteiger partial charge in [0.2, 0.25) is 0 Å². The monoisotopic (exact) mass is 342 g/mol. The number of amides is 2. The maximum Gasteiger partial charge on any atom is 0.315 e. The fraction of sp³-hybridized carbons (Fsp3) is 0.350. The van der Waals surface area contributed by atoms with Crippen molar-refractivity contribution >= 4 is 6.03 Å². The summed E-state index contributed by atoms with van der Waals surface area (Å²) in [5.74, 6) is 0. The molecule has 0 saturated heterocycles. The van der Waals surface area contributed by atoms with E-state index in [1.807, 2.05) is 62.4 Å². The average molecular weight is 342 g/mol. The van der Waals surface area contributed by atoms with E-state index in [1.54, 1.807) is 0 Å². The van der Waals surface area contributed by atoms with Gasteiger partial charge in [-0.2, -0.15) is 0 Å². The van der Waals surface area contributed by atoms with Gasteiger partial charge in [0, 0.05) is 19.7 Å². The Balaban J connectivity index is 1.82. The van der Waals surface area contributed by atoms with Crippen LogP contribution in [0.2, 0.25) is 0 Å². The van der Waals surface area contributed by atoms with Gasteiger partial charge in [-0.15, -0.1) is 0 Å². The Labute approximate surface area is 149 Å². The van der Waals surface area contributed by atoms with Crippen molar-refractivity contribution in [3.63, 3.8) is 0 Å². The van der Waals surface area contributed by atoms with Gasteiger partial charge in [0.05, 0.1) is 12.7 Å². The Morgan fingerprint density at radius 2 is 1.76 bits per heavy atom. The Morgan fingerprint density at radius 1 is 1.08 bits per heavy atom. The summed E-state index contributed by atoms with van der Waals surface area (Å²) in [5.41, 5.74) is 3.90. The van der Waals surface area contributed by atoms with E-state index in [1.165, 1.54) is 0 Å². The number of hydrogen-bond acceptors (Lipinski definition) is 3. The number of aryl methyl sites for hydroxylation is 1. The van der Waals surface area contributed by atoms with Gasteiger partial charge in [0.1, 0.15) is 0 Å². The molecule has 134 valence electrons. The van der Waals surface area contributed by atoms with E-state index in [2.05, 4.69) is 10.6 Å². The zero-order valence-corrected chi connectivity index (χ0v) is 14.8. The third-order valence-corrected chi connectivity index (χ3v) is 4.02. The van der Waals surface area contributed by atoms with Crippen molar-refractivity contribution in [2.45, 2.75) is 33.1 Å². The van der Waals surface area contributed by atoms with E-state index in [0.29, 0.717) is 19.8 Å².